The predicted molar refractivity (Wildman–Crippen MR) is 58.2 cm³/mol. The number of fused-ring (bicyclic) bond motifs is 1. The molecule has 0 spiro atoms. The summed E-state index contributed by atoms with van der Waals surface area (Å²) in [7, 11) is 3.70. The molecule has 14 heavy (non-hydrogen) atoms. The summed E-state index contributed by atoms with van der Waals surface area (Å²) in [6.45, 7) is 4.14. The average molecular weight is 186 g/mol. The van der Waals surface area contributed by atoms with Crippen LogP contribution in [-0.2, 0) is 4.79 Å². The second kappa shape index (κ2) is 3.05. The Morgan fingerprint density at radius 3 is 2.86 bits per heavy atom. The molecule has 2 rings (SSSR count). The zero-order valence-electron chi connectivity index (χ0n) is 8.29. The second-order valence-electron chi connectivity index (χ2n) is 3.74. The van der Waals surface area contributed by atoms with Crippen LogP contribution in [0.1, 0.15) is 31.0 Å². The topological polar surface area (TPSA) is 42.0 Å². The van der Waals surface area contributed by atoms with Crippen molar-refractivity contribution in [3.05, 3.63) is 23.5 Å². The van der Waals surface area contributed by atoms with E-state index in [1.54, 1.807) is 6.20 Å². The normalized spacial score (nSPS) is 14.4. The van der Waals surface area contributed by atoms with Crippen molar-refractivity contribution in [3.8, 4) is 0 Å². The molecule has 2 heterocycles. The van der Waals surface area contributed by atoms with Gasteiger partial charge in [-0.2, -0.15) is 0 Å². The zero-order chi connectivity index (χ0) is 10.3. The van der Waals surface area contributed by atoms with E-state index < -0.39 is 0 Å². The molecule has 0 saturated heterocycles. The molecule has 70 valence electrons. The summed E-state index contributed by atoms with van der Waals surface area (Å²) in [5, 5.41) is 2.76. The summed E-state index contributed by atoms with van der Waals surface area (Å²) < 4.78 is 0. The molecule has 4 heteroatoms. The summed E-state index contributed by atoms with van der Waals surface area (Å²) in [6.07, 6.45) is 1.71. The van der Waals surface area contributed by atoms with Crippen molar-refractivity contribution < 1.29 is 4.79 Å². The van der Waals surface area contributed by atoms with Gasteiger partial charge in [-0.05, 0) is 0 Å². The van der Waals surface area contributed by atoms with E-state index in [0.29, 0.717) is 11.4 Å². The number of hydrogen-bond acceptors (Lipinski definition) is 2. The van der Waals surface area contributed by atoms with E-state index in [9.17, 15) is 4.79 Å². The number of amides is 1. The van der Waals surface area contributed by atoms with Crippen LogP contribution in [0.5, 0.6) is 0 Å². The third-order valence-electron chi connectivity index (χ3n) is 2.36. The van der Waals surface area contributed by atoms with Crippen LogP contribution < -0.4 is 5.32 Å². The van der Waals surface area contributed by atoms with Crippen molar-refractivity contribution in [1.82, 2.24) is 4.98 Å². The van der Waals surface area contributed by atoms with Crippen molar-refractivity contribution in [3.63, 3.8) is 0 Å². The Labute approximate surface area is 83.6 Å². The molecule has 3 nitrogen and oxygen atoms in total. The van der Waals surface area contributed by atoms with Crippen LogP contribution in [0.15, 0.2) is 12.3 Å². The Morgan fingerprint density at radius 1 is 1.50 bits per heavy atom. The zero-order valence-corrected chi connectivity index (χ0v) is 8.29. The second-order valence-corrected chi connectivity index (χ2v) is 3.74. The van der Waals surface area contributed by atoms with Gasteiger partial charge in [0.05, 0.1) is 0 Å². The van der Waals surface area contributed by atoms with Crippen LogP contribution in [0.2, 0.25) is 0 Å². The number of nitrogens with zero attached hydrogens (tertiary/aromatic N) is 1. The first-order valence-electron chi connectivity index (χ1n) is 4.60. The standard InChI is InChI=1S/C10H11BN2O/c1-5(2)7-3-8-6(4-12-7)9(11)10(14)13-8/h3-5,11H,1-2H3,(H,13,14). The first-order valence-corrected chi connectivity index (χ1v) is 4.60. The van der Waals surface area contributed by atoms with Crippen LogP contribution in [-0.4, -0.2) is 23.8 Å². The summed E-state index contributed by atoms with van der Waals surface area (Å²) in [5.74, 6) is 0.244. The molecule has 1 amide bonds. The van der Waals surface area contributed by atoms with E-state index in [1.165, 1.54) is 0 Å². The first-order chi connectivity index (χ1) is 6.59. The number of anilines is 1. The van der Waals surface area contributed by atoms with Crippen molar-refractivity contribution in [1.29, 1.82) is 0 Å². The number of carbonyl (C=O) groups excluding carboxylic acids is 1. The van der Waals surface area contributed by atoms with Gasteiger partial charge in [-0.25, -0.2) is 0 Å². The molecule has 1 aliphatic heterocycles. The summed E-state index contributed by atoms with van der Waals surface area (Å²) in [5.41, 5.74) is 3.14. The van der Waals surface area contributed by atoms with Crippen LogP contribution >= 0.6 is 0 Å². The average Bonchev–Trinajstić information content (AvgIpc) is 2.42. The van der Waals surface area contributed by atoms with Crippen molar-refractivity contribution in [2.24, 2.45) is 0 Å². The number of nitrogens with one attached hydrogen (secondary N) is 1. The molecule has 1 aromatic rings. The Morgan fingerprint density at radius 2 is 2.21 bits per heavy atom. The van der Waals surface area contributed by atoms with Gasteiger partial charge >= 0.3 is 82.9 Å². The number of rotatable bonds is 1. The third-order valence-corrected chi connectivity index (χ3v) is 2.36. The Bertz CT molecular complexity index is 426. The van der Waals surface area contributed by atoms with Crippen molar-refractivity contribution >= 4 is 24.5 Å². The molecule has 1 aliphatic rings. The summed E-state index contributed by atoms with van der Waals surface area (Å²) >= 11 is 0. The number of hydrogen-bond donors (Lipinski definition) is 1. The Hall–Kier alpha value is -1.45. The minimum absolute atomic E-state index is 0.122. The molecule has 0 unspecified atom stereocenters. The molecule has 0 fully saturated rings. The fourth-order valence-corrected chi connectivity index (χ4v) is 1.45. The van der Waals surface area contributed by atoms with Crippen LogP contribution in [0.3, 0.4) is 0 Å². The molecule has 0 bridgehead atoms. The van der Waals surface area contributed by atoms with Gasteiger partial charge in [0.25, 0.3) is 0 Å². The van der Waals surface area contributed by atoms with E-state index >= 15 is 0 Å². The summed E-state index contributed by atoms with van der Waals surface area (Å²) in [4.78, 5) is 15.6. The third kappa shape index (κ3) is 1.27. The predicted octanol–water partition coefficient (Wildman–Crippen LogP) is 0.578. The van der Waals surface area contributed by atoms with Crippen LogP contribution in [0.25, 0.3) is 0 Å². The minimum atomic E-state index is -0.122. The summed E-state index contributed by atoms with van der Waals surface area (Å²) in [6, 6.07) is 1.91. The Kier molecular flexibility index (Phi) is 1.99. The molecule has 0 atom stereocenters. The first kappa shape index (κ1) is 9.12. The molecule has 0 saturated carbocycles. The number of aromatic nitrogens is 1. The van der Waals surface area contributed by atoms with Gasteiger partial charge in [0.1, 0.15) is 0 Å². The van der Waals surface area contributed by atoms with Gasteiger partial charge in [-0.1, -0.05) is 0 Å². The molecule has 0 aromatic carbocycles. The van der Waals surface area contributed by atoms with Crippen LogP contribution in [0, 0.1) is 0 Å². The van der Waals surface area contributed by atoms with Crippen molar-refractivity contribution in [2.75, 3.05) is 5.32 Å². The van der Waals surface area contributed by atoms with Gasteiger partial charge in [-0.3, -0.25) is 0 Å². The van der Waals surface area contributed by atoms with E-state index in [0.717, 1.165) is 16.9 Å². The number of pyridine rings is 1. The van der Waals surface area contributed by atoms with E-state index in [2.05, 4.69) is 31.6 Å². The SMILES string of the molecule is B=C1C(=O)Nc2cc(C(C)C)ncc21. The maximum absolute atomic E-state index is 11.3. The van der Waals surface area contributed by atoms with Gasteiger partial charge in [0, 0.05) is 0 Å². The molecule has 0 aliphatic carbocycles. The molecule has 1 N–H and O–H groups in total. The maximum atomic E-state index is 11.3. The number of carbonyl (C=O) groups is 1. The van der Waals surface area contributed by atoms with E-state index in [4.69, 9.17) is 0 Å². The molecule has 1 aromatic heterocycles. The quantitative estimate of drug-likeness (QED) is 0.651. The molecular weight excluding hydrogens is 175 g/mol. The molecular formula is C10H11BN2O. The van der Waals surface area contributed by atoms with Crippen molar-refractivity contribution in [2.45, 2.75) is 19.8 Å². The van der Waals surface area contributed by atoms with Gasteiger partial charge in [-0.15, -0.1) is 0 Å². The fraction of sp³-hybridized carbons (Fsp3) is 0.300. The monoisotopic (exact) mass is 186 g/mol. The van der Waals surface area contributed by atoms with Crippen LogP contribution in [0.4, 0.5) is 5.69 Å². The van der Waals surface area contributed by atoms with E-state index in [1.807, 2.05) is 6.07 Å². The van der Waals surface area contributed by atoms with Gasteiger partial charge in [0.2, 0.25) is 0 Å². The fourth-order valence-electron chi connectivity index (χ4n) is 1.45. The van der Waals surface area contributed by atoms with E-state index in [-0.39, 0.29) is 5.91 Å². The Balaban J connectivity index is 2.49. The van der Waals surface area contributed by atoms with Gasteiger partial charge < -0.3 is 0 Å². The molecule has 0 radical (unpaired) electrons. The van der Waals surface area contributed by atoms with Gasteiger partial charge in [0.15, 0.2) is 0 Å².